The lowest BCUT2D eigenvalue weighted by atomic mass is 10.2. The fraction of sp³-hybridized carbons (Fsp3) is 0.455. The fourth-order valence-electron chi connectivity index (χ4n) is 0.784. The maximum atomic E-state index is 9.33. The van der Waals surface area contributed by atoms with Crippen molar-refractivity contribution in [2.75, 3.05) is 0 Å². The van der Waals surface area contributed by atoms with Gasteiger partial charge in [0.25, 0.3) is 0 Å². The van der Waals surface area contributed by atoms with Gasteiger partial charge in [0.05, 0.1) is 6.10 Å². The maximum Gasteiger partial charge on any atom is 0.0758 e. The van der Waals surface area contributed by atoms with E-state index < -0.39 is 0 Å². The molecule has 1 unspecified atom stereocenters. The first-order valence-electron chi connectivity index (χ1n) is 4.43. The van der Waals surface area contributed by atoms with Crippen molar-refractivity contribution in [1.82, 2.24) is 0 Å². The highest BCUT2D eigenvalue weighted by atomic mass is 16.3. The molecular weight excluding hydrogens is 148 g/mol. The van der Waals surface area contributed by atoms with Crippen molar-refractivity contribution in [2.24, 2.45) is 0 Å². The van der Waals surface area contributed by atoms with Crippen molar-refractivity contribution in [3.63, 3.8) is 0 Å². The van der Waals surface area contributed by atoms with Crippen LogP contribution in [-0.4, -0.2) is 11.2 Å². The van der Waals surface area contributed by atoms with Gasteiger partial charge in [0.15, 0.2) is 0 Å². The summed E-state index contributed by atoms with van der Waals surface area (Å²) in [4.78, 5) is 0. The standard InChI is InChI=1S/C11H18O/c1-3-5-7-9-11(12)10-8-6-4-2/h3,5-9,11-12H,4,10H2,1-2H3. The third-order valence-electron chi connectivity index (χ3n) is 1.42. The largest absolute Gasteiger partial charge is 0.389 e. The zero-order valence-corrected chi connectivity index (χ0v) is 7.90. The molecule has 1 N–H and O–H groups in total. The minimum atomic E-state index is -0.344. The van der Waals surface area contributed by atoms with E-state index in [9.17, 15) is 5.11 Å². The Morgan fingerprint density at radius 2 is 2.00 bits per heavy atom. The molecule has 12 heavy (non-hydrogen) atoms. The Morgan fingerprint density at radius 1 is 1.25 bits per heavy atom. The van der Waals surface area contributed by atoms with E-state index in [4.69, 9.17) is 0 Å². The van der Waals surface area contributed by atoms with Crippen LogP contribution in [0.3, 0.4) is 0 Å². The van der Waals surface area contributed by atoms with Crippen molar-refractivity contribution in [1.29, 1.82) is 0 Å². The summed E-state index contributed by atoms with van der Waals surface area (Å²) in [6.07, 6.45) is 13.0. The van der Waals surface area contributed by atoms with Crippen LogP contribution < -0.4 is 0 Å². The molecule has 0 saturated heterocycles. The van der Waals surface area contributed by atoms with Crippen LogP contribution in [0.1, 0.15) is 26.7 Å². The fourth-order valence-corrected chi connectivity index (χ4v) is 0.784. The first-order chi connectivity index (χ1) is 5.81. The topological polar surface area (TPSA) is 20.2 Å². The van der Waals surface area contributed by atoms with Crippen LogP contribution in [0, 0.1) is 0 Å². The van der Waals surface area contributed by atoms with E-state index in [-0.39, 0.29) is 6.10 Å². The monoisotopic (exact) mass is 166 g/mol. The molecule has 0 rings (SSSR count). The lowest BCUT2D eigenvalue weighted by molar-refractivity contribution is 0.227. The van der Waals surface area contributed by atoms with Crippen molar-refractivity contribution >= 4 is 0 Å². The number of rotatable bonds is 5. The van der Waals surface area contributed by atoms with Gasteiger partial charge in [0.1, 0.15) is 0 Å². The van der Waals surface area contributed by atoms with E-state index in [1.54, 1.807) is 6.08 Å². The highest BCUT2D eigenvalue weighted by Gasteiger charge is 1.91. The van der Waals surface area contributed by atoms with Gasteiger partial charge >= 0.3 is 0 Å². The molecule has 0 aromatic rings. The third kappa shape index (κ3) is 7.29. The van der Waals surface area contributed by atoms with Crippen LogP contribution in [0.5, 0.6) is 0 Å². The molecule has 1 heteroatoms. The van der Waals surface area contributed by atoms with Gasteiger partial charge in [0, 0.05) is 0 Å². The van der Waals surface area contributed by atoms with Crippen LogP contribution in [0.15, 0.2) is 36.5 Å². The van der Waals surface area contributed by atoms with Gasteiger partial charge in [-0.3, -0.25) is 0 Å². The van der Waals surface area contributed by atoms with E-state index in [1.165, 1.54) is 0 Å². The summed E-state index contributed by atoms with van der Waals surface area (Å²) in [5.74, 6) is 0. The Bertz CT molecular complexity index is 166. The molecule has 0 aliphatic carbocycles. The molecule has 0 saturated carbocycles. The molecule has 0 aliphatic rings. The predicted molar refractivity (Wildman–Crippen MR) is 54.0 cm³/mol. The Kier molecular flexibility index (Phi) is 7.71. The first-order valence-corrected chi connectivity index (χ1v) is 4.43. The molecule has 1 nitrogen and oxygen atoms in total. The first kappa shape index (κ1) is 11.2. The van der Waals surface area contributed by atoms with Gasteiger partial charge < -0.3 is 5.11 Å². The molecule has 0 amide bonds. The van der Waals surface area contributed by atoms with Gasteiger partial charge in [0.2, 0.25) is 0 Å². The second-order valence-electron chi connectivity index (χ2n) is 2.59. The molecule has 0 aliphatic heterocycles. The average Bonchev–Trinajstić information content (AvgIpc) is 2.06. The molecule has 0 aromatic carbocycles. The van der Waals surface area contributed by atoms with Gasteiger partial charge in [-0.15, -0.1) is 0 Å². The van der Waals surface area contributed by atoms with Gasteiger partial charge in [-0.2, -0.15) is 0 Å². The third-order valence-corrected chi connectivity index (χ3v) is 1.42. The number of hydrogen-bond donors (Lipinski definition) is 1. The average molecular weight is 166 g/mol. The highest BCUT2D eigenvalue weighted by Crippen LogP contribution is 1.96. The van der Waals surface area contributed by atoms with Gasteiger partial charge in [-0.1, -0.05) is 43.4 Å². The van der Waals surface area contributed by atoms with Crippen molar-refractivity contribution in [3.8, 4) is 0 Å². The van der Waals surface area contributed by atoms with E-state index in [1.807, 2.05) is 31.2 Å². The predicted octanol–water partition coefficient (Wildman–Crippen LogP) is 2.84. The van der Waals surface area contributed by atoms with E-state index >= 15 is 0 Å². The molecule has 0 bridgehead atoms. The summed E-state index contributed by atoms with van der Waals surface area (Å²) in [7, 11) is 0. The molecule has 68 valence electrons. The number of aliphatic hydroxyl groups is 1. The lowest BCUT2D eigenvalue weighted by Crippen LogP contribution is -1.98. The van der Waals surface area contributed by atoms with Crippen LogP contribution in [0.4, 0.5) is 0 Å². The number of allylic oxidation sites excluding steroid dienone is 4. The van der Waals surface area contributed by atoms with Crippen LogP contribution >= 0.6 is 0 Å². The molecule has 0 aromatic heterocycles. The van der Waals surface area contributed by atoms with Gasteiger partial charge in [-0.05, 0) is 19.8 Å². The Balaban J connectivity index is 3.58. The Morgan fingerprint density at radius 3 is 2.58 bits per heavy atom. The molecular formula is C11H18O. The number of hydrogen-bond acceptors (Lipinski definition) is 1. The maximum absolute atomic E-state index is 9.33. The molecule has 0 spiro atoms. The quantitative estimate of drug-likeness (QED) is 0.492. The summed E-state index contributed by atoms with van der Waals surface area (Å²) >= 11 is 0. The summed E-state index contributed by atoms with van der Waals surface area (Å²) in [6, 6.07) is 0. The smallest absolute Gasteiger partial charge is 0.0758 e. The van der Waals surface area contributed by atoms with E-state index in [0.29, 0.717) is 6.42 Å². The normalized spacial score (nSPS) is 15.2. The summed E-state index contributed by atoms with van der Waals surface area (Å²) in [5, 5.41) is 9.33. The molecule has 0 fully saturated rings. The van der Waals surface area contributed by atoms with Crippen LogP contribution in [0.25, 0.3) is 0 Å². The minimum Gasteiger partial charge on any atom is -0.389 e. The second-order valence-corrected chi connectivity index (χ2v) is 2.59. The molecule has 0 heterocycles. The Hall–Kier alpha value is -0.820. The summed E-state index contributed by atoms with van der Waals surface area (Å²) in [5.41, 5.74) is 0. The lowest BCUT2D eigenvalue weighted by Gasteiger charge is -1.98. The van der Waals surface area contributed by atoms with Gasteiger partial charge in [-0.25, -0.2) is 0 Å². The SMILES string of the molecule is CC=CC=CC(O)CC=CCC. The van der Waals surface area contributed by atoms with Crippen LogP contribution in [0.2, 0.25) is 0 Å². The molecule has 1 atom stereocenters. The zero-order chi connectivity index (χ0) is 9.23. The zero-order valence-electron chi connectivity index (χ0n) is 7.90. The van der Waals surface area contributed by atoms with Crippen LogP contribution in [-0.2, 0) is 0 Å². The van der Waals surface area contributed by atoms with Crippen molar-refractivity contribution in [3.05, 3.63) is 36.5 Å². The van der Waals surface area contributed by atoms with E-state index in [0.717, 1.165) is 6.42 Å². The Labute approximate surface area is 75.1 Å². The summed E-state index contributed by atoms with van der Waals surface area (Å²) < 4.78 is 0. The minimum absolute atomic E-state index is 0.344. The number of aliphatic hydroxyl groups excluding tert-OH is 1. The highest BCUT2D eigenvalue weighted by molar-refractivity contribution is 5.04. The van der Waals surface area contributed by atoms with E-state index in [2.05, 4.69) is 13.0 Å². The molecule has 0 radical (unpaired) electrons. The second kappa shape index (κ2) is 8.28. The van der Waals surface area contributed by atoms with Crippen molar-refractivity contribution in [2.45, 2.75) is 32.8 Å². The summed E-state index contributed by atoms with van der Waals surface area (Å²) in [6.45, 7) is 4.03. The van der Waals surface area contributed by atoms with Crippen molar-refractivity contribution < 1.29 is 5.11 Å².